The summed E-state index contributed by atoms with van der Waals surface area (Å²) in [6, 6.07) is 9.96. The number of ketones is 1. The molecule has 8 nitrogen and oxygen atoms in total. The highest BCUT2D eigenvalue weighted by Crippen LogP contribution is 2.40. The number of hydrogen-bond donors (Lipinski definition) is 1. The van der Waals surface area contributed by atoms with E-state index in [2.05, 4.69) is 11.8 Å². The average Bonchev–Trinajstić information content (AvgIpc) is 3.41. The maximum atomic E-state index is 13.4. The van der Waals surface area contributed by atoms with E-state index in [4.69, 9.17) is 13.9 Å². The van der Waals surface area contributed by atoms with Gasteiger partial charge in [0.1, 0.15) is 11.5 Å². The molecule has 0 unspecified atom stereocenters. The minimum absolute atomic E-state index is 0.0430. The van der Waals surface area contributed by atoms with E-state index in [1.54, 1.807) is 24.0 Å². The molecule has 8 heteroatoms. The molecule has 0 bridgehead atoms. The number of carbonyl (C=O) groups excluding carboxylic acids is 2. The monoisotopic (exact) mass is 482 g/mol. The Hall–Kier alpha value is -3.10. The van der Waals surface area contributed by atoms with Crippen molar-refractivity contribution in [3.05, 3.63) is 64.8 Å². The van der Waals surface area contributed by atoms with Gasteiger partial charge < -0.3 is 23.9 Å². The van der Waals surface area contributed by atoms with Crippen LogP contribution in [0.2, 0.25) is 0 Å². The van der Waals surface area contributed by atoms with Crippen LogP contribution in [-0.4, -0.2) is 72.6 Å². The lowest BCUT2D eigenvalue weighted by Gasteiger charge is -2.30. The van der Waals surface area contributed by atoms with Gasteiger partial charge in [-0.3, -0.25) is 14.5 Å². The first-order chi connectivity index (χ1) is 17.0. The number of aliphatic hydroxyl groups is 1. The van der Waals surface area contributed by atoms with Crippen LogP contribution in [0.25, 0.3) is 0 Å². The summed E-state index contributed by atoms with van der Waals surface area (Å²) >= 11 is 0. The summed E-state index contributed by atoms with van der Waals surface area (Å²) in [5.74, 6) is -0.181. The number of nitrogens with zero attached hydrogens (tertiary/aromatic N) is 2. The van der Waals surface area contributed by atoms with Crippen LogP contribution in [0.5, 0.6) is 5.75 Å². The Morgan fingerprint density at radius 1 is 1.14 bits per heavy atom. The molecule has 1 amide bonds. The number of unbranched alkanes of at least 4 members (excludes halogenated alkanes) is 1. The van der Waals surface area contributed by atoms with Crippen molar-refractivity contribution in [2.75, 3.05) is 46.0 Å². The normalized spacial score (nSPS) is 19.0. The SMILES string of the molecule is CCCCOc1cccc([C@@H]2C(C(=O)c3ccc(C)o3)=C(O)C(=O)N2CCCN2CCOCC2)c1. The van der Waals surface area contributed by atoms with Crippen LogP contribution in [0.15, 0.2) is 52.1 Å². The third-order valence-electron chi connectivity index (χ3n) is 6.43. The van der Waals surface area contributed by atoms with Gasteiger partial charge in [0.25, 0.3) is 5.91 Å². The molecular formula is C27H34N2O6. The molecule has 1 N–H and O–H groups in total. The molecule has 188 valence electrons. The first-order valence-corrected chi connectivity index (χ1v) is 12.4. The van der Waals surface area contributed by atoms with E-state index >= 15 is 0 Å². The summed E-state index contributed by atoms with van der Waals surface area (Å²) in [7, 11) is 0. The number of aryl methyl sites for hydroxylation is 1. The highest BCUT2D eigenvalue weighted by molar-refractivity contribution is 6.15. The first kappa shape index (κ1) is 25.0. The number of hydrogen-bond acceptors (Lipinski definition) is 7. The Labute approximate surface area is 206 Å². The number of rotatable bonds is 11. The number of carbonyl (C=O) groups is 2. The maximum absolute atomic E-state index is 13.4. The third-order valence-corrected chi connectivity index (χ3v) is 6.43. The van der Waals surface area contributed by atoms with Crippen molar-refractivity contribution in [3.63, 3.8) is 0 Å². The molecule has 2 aliphatic heterocycles. The van der Waals surface area contributed by atoms with Gasteiger partial charge >= 0.3 is 0 Å². The average molecular weight is 483 g/mol. The Balaban J connectivity index is 1.61. The van der Waals surface area contributed by atoms with Crippen molar-refractivity contribution in [2.45, 2.75) is 39.2 Å². The Morgan fingerprint density at radius 2 is 1.94 bits per heavy atom. The van der Waals surface area contributed by atoms with E-state index < -0.39 is 23.5 Å². The summed E-state index contributed by atoms with van der Waals surface area (Å²) in [6.07, 6.45) is 2.66. The fourth-order valence-electron chi connectivity index (χ4n) is 4.55. The van der Waals surface area contributed by atoms with Crippen molar-refractivity contribution in [3.8, 4) is 5.75 Å². The van der Waals surface area contributed by atoms with E-state index in [0.717, 1.165) is 38.0 Å². The molecule has 1 saturated heterocycles. The van der Waals surface area contributed by atoms with Gasteiger partial charge in [-0.25, -0.2) is 0 Å². The minimum Gasteiger partial charge on any atom is -0.503 e. The second kappa shape index (κ2) is 11.6. The summed E-state index contributed by atoms with van der Waals surface area (Å²) in [4.78, 5) is 30.5. The highest BCUT2D eigenvalue weighted by atomic mass is 16.5. The van der Waals surface area contributed by atoms with E-state index in [0.29, 0.717) is 44.3 Å². The van der Waals surface area contributed by atoms with E-state index in [9.17, 15) is 14.7 Å². The summed E-state index contributed by atoms with van der Waals surface area (Å²) in [5.41, 5.74) is 0.760. The standard InChI is InChI=1S/C27H34N2O6/c1-3-4-15-34-21-8-5-7-20(18-21)24-23(25(30)22-10-9-19(2)35-22)26(31)27(32)29(24)12-6-11-28-13-16-33-17-14-28/h5,7-10,18,24,31H,3-4,6,11-17H2,1-2H3/t24-/m1/s1. The third kappa shape index (κ3) is 5.77. The topological polar surface area (TPSA) is 92.5 Å². The Morgan fingerprint density at radius 3 is 2.66 bits per heavy atom. The van der Waals surface area contributed by atoms with Gasteiger partial charge in [0, 0.05) is 26.2 Å². The zero-order valence-electron chi connectivity index (χ0n) is 20.5. The summed E-state index contributed by atoms with van der Waals surface area (Å²) in [6.45, 7) is 8.78. The van der Waals surface area contributed by atoms with Crippen molar-refractivity contribution < 1.29 is 28.6 Å². The van der Waals surface area contributed by atoms with Gasteiger partial charge in [0.15, 0.2) is 11.5 Å². The van der Waals surface area contributed by atoms with Crippen LogP contribution in [0.4, 0.5) is 0 Å². The number of ether oxygens (including phenoxy) is 2. The molecule has 1 aromatic heterocycles. The number of benzene rings is 1. The van der Waals surface area contributed by atoms with Crippen molar-refractivity contribution in [1.82, 2.24) is 9.80 Å². The predicted molar refractivity (Wildman–Crippen MR) is 131 cm³/mol. The minimum atomic E-state index is -0.722. The van der Waals surface area contributed by atoms with Gasteiger partial charge in [-0.1, -0.05) is 25.5 Å². The second-order valence-electron chi connectivity index (χ2n) is 8.98. The molecule has 4 rings (SSSR count). The summed E-state index contributed by atoms with van der Waals surface area (Å²) < 4.78 is 16.8. The van der Waals surface area contributed by atoms with Crippen molar-refractivity contribution in [1.29, 1.82) is 0 Å². The molecule has 0 saturated carbocycles. The number of Topliss-reactive ketones (excluding diaryl/α,β-unsaturated/α-hetero) is 1. The second-order valence-corrected chi connectivity index (χ2v) is 8.98. The van der Waals surface area contributed by atoms with Gasteiger partial charge in [0.05, 0.1) is 31.4 Å². The maximum Gasteiger partial charge on any atom is 0.290 e. The molecule has 1 fully saturated rings. The lowest BCUT2D eigenvalue weighted by molar-refractivity contribution is -0.129. The zero-order valence-corrected chi connectivity index (χ0v) is 20.5. The molecule has 0 spiro atoms. The first-order valence-electron chi connectivity index (χ1n) is 12.4. The van der Waals surface area contributed by atoms with Gasteiger partial charge in [-0.05, 0) is 49.6 Å². The molecule has 2 aromatic rings. The molecule has 0 radical (unpaired) electrons. The summed E-state index contributed by atoms with van der Waals surface area (Å²) in [5, 5.41) is 10.9. The Kier molecular flexibility index (Phi) is 8.25. The number of furan rings is 1. The molecule has 2 aliphatic rings. The molecular weight excluding hydrogens is 448 g/mol. The predicted octanol–water partition coefficient (Wildman–Crippen LogP) is 4.07. The number of amides is 1. The molecule has 0 aliphatic carbocycles. The number of aliphatic hydroxyl groups excluding tert-OH is 1. The van der Waals surface area contributed by atoms with E-state index in [-0.39, 0.29) is 11.3 Å². The van der Waals surface area contributed by atoms with Crippen LogP contribution in [0.3, 0.4) is 0 Å². The number of morpholine rings is 1. The fraction of sp³-hybridized carbons (Fsp3) is 0.481. The van der Waals surface area contributed by atoms with Crippen molar-refractivity contribution >= 4 is 11.7 Å². The van der Waals surface area contributed by atoms with E-state index in [1.165, 1.54) is 0 Å². The van der Waals surface area contributed by atoms with Gasteiger partial charge in [-0.15, -0.1) is 0 Å². The van der Waals surface area contributed by atoms with E-state index in [1.807, 2.05) is 24.3 Å². The van der Waals surface area contributed by atoms with Gasteiger partial charge in [0.2, 0.25) is 5.78 Å². The molecule has 1 aromatic carbocycles. The lowest BCUT2D eigenvalue weighted by atomic mass is 9.95. The molecule has 35 heavy (non-hydrogen) atoms. The van der Waals surface area contributed by atoms with Gasteiger partial charge in [-0.2, -0.15) is 0 Å². The fourth-order valence-corrected chi connectivity index (χ4v) is 4.55. The molecule has 1 atom stereocenters. The van der Waals surface area contributed by atoms with Crippen LogP contribution < -0.4 is 4.74 Å². The van der Waals surface area contributed by atoms with Crippen LogP contribution in [-0.2, 0) is 9.53 Å². The zero-order chi connectivity index (χ0) is 24.8. The van der Waals surface area contributed by atoms with Crippen LogP contribution in [0, 0.1) is 6.92 Å². The highest BCUT2D eigenvalue weighted by Gasteiger charge is 2.44. The van der Waals surface area contributed by atoms with Crippen molar-refractivity contribution in [2.24, 2.45) is 0 Å². The lowest BCUT2D eigenvalue weighted by Crippen LogP contribution is -2.39. The molecule has 3 heterocycles. The van der Waals surface area contributed by atoms with Crippen LogP contribution in [0.1, 0.15) is 54.1 Å². The van der Waals surface area contributed by atoms with Crippen LogP contribution >= 0.6 is 0 Å². The smallest absolute Gasteiger partial charge is 0.290 e. The quantitative estimate of drug-likeness (QED) is 0.381. The largest absolute Gasteiger partial charge is 0.503 e. The Bertz CT molecular complexity index is 1070.